The van der Waals surface area contributed by atoms with Gasteiger partial charge in [-0.3, -0.25) is 0 Å². The standard InChI is InChI=1S/C47H51BN2/c1-43(2,3)29-20-21-38-35(25-29)45(7,8)34-19-15-18-32-33-24-28-16-11-12-17-31(28)41-39(33)48(50(38)40(32)34)37-27-30(44(4,5)6)26-36-42(37)49(41)47(10)23-14-13-22-46(36,47)9/h11-12,15-21,24-27H,13-14,22-23H2,1-10H3. The first-order valence-electron chi connectivity index (χ1n) is 19.2. The van der Waals surface area contributed by atoms with Gasteiger partial charge in [-0.05, 0) is 92.4 Å². The Morgan fingerprint density at radius 3 is 2.10 bits per heavy atom. The molecule has 5 aromatic carbocycles. The SMILES string of the molecule is CC(C)(C)c1ccc2c(c1)C(C)(C)c1cccc3c1N2B1c2cc(C(C)(C)C)cc4c2N(c2c1c-3cc1ccccc21)C1(C)CCCCC41C. The van der Waals surface area contributed by atoms with Crippen LogP contribution in [-0.2, 0) is 21.7 Å². The highest BCUT2D eigenvalue weighted by atomic mass is 15.3. The van der Waals surface area contributed by atoms with Gasteiger partial charge >= 0.3 is 6.85 Å². The fourth-order valence-corrected chi connectivity index (χ4v) is 11.1. The number of hydrogen-bond donors (Lipinski definition) is 0. The van der Waals surface area contributed by atoms with Crippen LogP contribution in [0, 0.1) is 0 Å². The van der Waals surface area contributed by atoms with Crippen LogP contribution in [-0.4, -0.2) is 12.4 Å². The molecular formula is C47H51BN2. The molecule has 1 fully saturated rings. The van der Waals surface area contributed by atoms with Crippen LogP contribution in [0.1, 0.15) is 123 Å². The Hall–Kier alpha value is -3.98. The van der Waals surface area contributed by atoms with E-state index in [4.69, 9.17) is 0 Å². The van der Waals surface area contributed by atoms with E-state index < -0.39 is 0 Å². The second-order valence-corrected chi connectivity index (χ2v) is 19.3. The fraction of sp³-hybridized carbons (Fsp3) is 0.404. The quantitative estimate of drug-likeness (QED) is 0.153. The average molecular weight is 655 g/mol. The van der Waals surface area contributed by atoms with Crippen molar-refractivity contribution in [3.63, 3.8) is 0 Å². The predicted molar refractivity (Wildman–Crippen MR) is 215 cm³/mol. The number of para-hydroxylation sites is 1. The second-order valence-electron chi connectivity index (χ2n) is 19.3. The zero-order valence-electron chi connectivity index (χ0n) is 31.8. The molecule has 0 aromatic heterocycles. The summed E-state index contributed by atoms with van der Waals surface area (Å²) < 4.78 is 0. The Morgan fingerprint density at radius 2 is 1.34 bits per heavy atom. The minimum Gasteiger partial charge on any atom is -0.376 e. The van der Waals surface area contributed by atoms with Crippen molar-refractivity contribution in [2.24, 2.45) is 0 Å². The van der Waals surface area contributed by atoms with Gasteiger partial charge in [-0.2, -0.15) is 0 Å². The maximum atomic E-state index is 2.91. The van der Waals surface area contributed by atoms with Crippen molar-refractivity contribution in [3.8, 4) is 11.1 Å². The molecule has 5 aromatic rings. The first-order chi connectivity index (χ1) is 23.6. The summed E-state index contributed by atoms with van der Waals surface area (Å²) in [7, 11) is 0. The molecule has 1 aliphatic carbocycles. The van der Waals surface area contributed by atoms with Crippen LogP contribution in [0.25, 0.3) is 21.9 Å². The van der Waals surface area contributed by atoms with Gasteiger partial charge in [-0.25, -0.2) is 0 Å². The number of nitrogens with zero attached hydrogens (tertiary/aromatic N) is 2. The first-order valence-corrected chi connectivity index (χ1v) is 19.2. The summed E-state index contributed by atoms with van der Waals surface area (Å²) in [5.41, 5.74) is 18.9. The molecule has 4 aliphatic heterocycles. The van der Waals surface area contributed by atoms with E-state index in [9.17, 15) is 0 Å². The molecule has 0 radical (unpaired) electrons. The highest BCUT2D eigenvalue weighted by molar-refractivity contribution is 6.94. The Balaban J connectivity index is 1.41. The smallest absolute Gasteiger partial charge is 0.333 e. The minimum absolute atomic E-state index is 0.00671. The third kappa shape index (κ3) is 3.53. The van der Waals surface area contributed by atoms with Gasteiger partial charge in [0.2, 0.25) is 0 Å². The van der Waals surface area contributed by atoms with Gasteiger partial charge in [0, 0.05) is 44.5 Å². The zero-order valence-corrected chi connectivity index (χ0v) is 31.8. The Morgan fingerprint density at radius 1 is 0.620 bits per heavy atom. The monoisotopic (exact) mass is 654 g/mol. The molecule has 10 rings (SSSR count). The van der Waals surface area contributed by atoms with Gasteiger partial charge < -0.3 is 9.71 Å². The lowest BCUT2D eigenvalue weighted by molar-refractivity contribution is 0.195. The van der Waals surface area contributed by atoms with E-state index >= 15 is 0 Å². The maximum absolute atomic E-state index is 2.91. The second kappa shape index (κ2) is 9.27. The molecule has 252 valence electrons. The minimum atomic E-state index is -0.137. The van der Waals surface area contributed by atoms with Gasteiger partial charge in [0.15, 0.2) is 0 Å². The molecule has 4 heterocycles. The van der Waals surface area contributed by atoms with Crippen LogP contribution in [0.4, 0.5) is 22.7 Å². The third-order valence-electron chi connectivity index (χ3n) is 14.2. The molecule has 1 saturated carbocycles. The lowest BCUT2D eigenvalue weighted by atomic mass is 9.42. The average Bonchev–Trinajstić information content (AvgIpc) is 3.28. The molecule has 2 atom stereocenters. The van der Waals surface area contributed by atoms with Gasteiger partial charge in [-0.1, -0.05) is 142 Å². The molecule has 0 amide bonds. The number of benzene rings is 5. The van der Waals surface area contributed by atoms with Crippen molar-refractivity contribution in [1.29, 1.82) is 0 Å². The first kappa shape index (κ1) is 30.8. The summed E-state index contributed by atoms with van der Waals surface area (Å²) in [6.45, 7) is 24.5. The molecule has 50 heavy (non-hydrogen) atoms. The van der Waals surface area contributed by atoms with Crippen LogP contribution in [0.5, 0.6) is 0 Å². The van der Waals surface area contributed by atoms with Crippen LogP contribution in [0.15, 0.2) is 78.9 Å². The van der Waals surface area contributed by atoms with Crippen molar-refractivity contribution in [2.45, 2.75) is 122 Å². The third-order valence-corrected chi connectivity index (χ3v) is 14.2. The normalized spacial score (nSPS) is 23.7. The Labute approximate surface area is 300 Å². The van der Waals surface area contributed by atoms with Gasteiger partial charge in [0.1, 0.15) is 0 Å². The number of hydrogen-bond acceptors (Lipinski definition) is 2. The topological polar surface area (TPSA) is 6.48 Å². The number of fused-ring (bicyclic) bond motifs is 11. The lowest BCUT2D eigenvalue weighted by Crippen LogP contribution is -2.65. The maximum Gasteiger partial charge on any atom is 0.333 e. The molecule has 0 spiro atoms. The largest absolute Gasteiger partial charge is 0.376 e. The van der Waals surface area contributed by atoms with Gasteiger partial charge in [0.25, 0.3) is 0 Å². The Kier molecular flexibility index (Phi) is 5.71. The molecule has 5 aliphatic rings. The highest BCUT2D eigenvalue weighted by Crippen LogP contribution is 2.64. The molecule has 3 heteroatoms. The number of anilines is 4. The highest BCUT2D eigenvalue weighted by Gasteiger charge is 2.62. The number of rotatable bonds is 0. The van der Waals surface area contributed by atoms with E-state index in [1.165, 1.54) is 104 Å². The van der Waals surface area contributed by atoms with Crippen molar-refractivity contribution >= 4 is 51.3 Å². The van der Waals surface area contributed by atoms with Crippen molar-refractivity contribution in [2.75, 3.05) is 9.71 Å². The molecular weight excluding hydrogens is 603 g/mol. The van der Waals surface area contributed by atoms with E-state index in [0.29, 0.717) is 0 Å². The molecule has 2 nitrogen and oxygen atoms in total. The van der Waals surface area contributed by atoms with E-state index in [-0.39, 0.29) is 34.0 Å². The van der Waals surface area contributed by atoms with E-state index in [1.807, 2.05) is 0 Å². The van der Waals surface area contributed by atoms with Crippen molar-refractivity contribution in [3.05, 3.63) is 107 Å². The summed E-state index contributed by atoms with van der Waals surface area (Å²) in [6, 6.07) is 31.7. The van der Waals surface area contributed by atoms with Crippen molar-refractivity contribution in [1.82, 2.24) is 0 Å². The van der Waals surface area contributed by atoms with E-state index in [1.54, 1.807) is 5.56 Å². The van der Waals surface area contributed by atoms with Gasteiger partial charge in [0.05, 0.1) is 5.54 Å². The zero-order chi connectivity index (χ0) is 34.9. The predicted octanol–water partition coefficient (Wildman–Crippen LogP) is 11.1. The molecule has 2 unspecified atom stereocenters. The lowest BCUT2D eigenvalue weighted by Gasteiger charge is -2.54. The summed E-state index contributed by atoms with van der Waals surface area (Å²) in [5.74, 6) is 0. The molecule has 0 saturated heterocycles. The van der Waals surface area contributed by atoms with Crippen LogP contribution < -0.4 is 20.6 Å². The van der Waals surface area contributed by atoms with E-state index in [2.05, 4.69) is 158 Å². The summed E-state index contributed by atoms with van der Waals surface area (Å²) >= 11 is 0. The van der Waals surface area contributed by atoms with Crippen LogP contribution in [0.2, 0.25) is 0 Å². The van der Waals surface area contributed by atoms with Crippen LogP contribution >= 0.6 is 0 Å². The molecule has 0 bridgehead atoms. The van der Waals surface area contributed by atoms with Crippen molar-refractivity contribution < 1.29 is 0 Å². The Bertz CT molecular complexity index is 2330. The van der Waals surface area contributed by atoms with E-state index in [0.717, 1.165) is 0 Å². The van der Waals surface area contributed by atoms with Gasteiger partial charge in [-0.15, -0.1) is 0 Å². The summed E-state index contributed by atoms with van der Waals surface area (Å²) in [4.78, 5) is 5.72. The van der Waals surface area contributed by atoms with Crippen LogP contribution in [0.3, 0.4) is 0 Å². The fourth-order valence-electron chi connectivity index (χ4n) is 11.1. The molecule has 0 N–H and O–H groups in total. The summed E-state index contributed by atoms with van der Waals surface area (Å²) in [5, 5.41) is 2.74. The summed E-state index contributed by atoms with van der Waals surface area (Å²) in [6.07, 6.45) is 5.02.